The van der Waals surface area contributed by atoms with Gasteiger partial charge in [-0.1, -0.05) is 24.3 Å². The standard InChI is InChI=1S/C18H26N2O/c21-18(20-11-2-1-3-12-20)9-10-19-14-15-5-4-6-17(13-15)16-7-8-16/h4-6,13,16,19H,1-3,7-12,14H2. The fourth-order valence-electron chi connectivity index (χ4n) is 3.10. The number of carbonyl (C=O) groups is 1. The van der Waals surface area contributed by atoms with E-state index < -0.39 is 0 Å². The predicted octanol–water partition coefficient (Wildman–Crippen LogP) is 3.06. The highest BCUT2D eigenvalue weighted by atomic mass is 16.2. The lowest BCUT2D eigenvalue weighted by atomic mass is 10.1. The molecule has 1 heterocycles. The number of nitrogens with one attached hydrogen (secondary N) is 1. The van der Waals surface area contributed by atoms with E-state index in [0.29, 0.717) is 12.3 Å². The van der Waals surface area contributed by atoms with Gasteiger partial charge in [0.05, 0.1) is 0 Å². The summed E-state index contributed by atoms with van der Waals surface area (Å²) in [6.45, 7) is 3.57. The highest BCUT2D eigenvalue weighted by Crippen LogP contribution is 2.40. The van der Waals surface area contributed by atoms with Crippen LogP contribution in [0.15, 0.2) is 24.3 Å². The maximum absolute atomic E-state index is 12.0. The van der Waals surface area contributed by atoms with E-state index in [2.05, 4.69) is 29.6 Å². The summed E-state index contributed by atoms with van der Waals surface area (Å²) in [7, 11) is 0. The maximum atomic E-state index is 12.0. The van der Waals surface area contributed by atoms with Crippen LogP contribution in [0.3, 0.4) is 0 Å². The summed E-state index contributed by atoms with van der Waals surface area (Å²) in [6.07, 6.45) is 6.95. The van der Waals surface area contributed by atoms with Crippen LogP contribution in [-0.4, -0.2) is 30.4 Å². The fraction of sp³-hybridized carbons (Fsp3) is 0.611. The summed E-state index contributed by atoms with van der Waals surface area (Å²) in [5.41, 5.74) is 2.82. The normalized spacial score (nSPS) is 18.8. The molecule has 2 fully saturated rings. The molecule has 1 aromatic carbocycles. The summed E-state index contributed by atoms with van der Waals surface area (Å²) >= 11 is 0. The number of likely N-dealkylation sites (tertiary alicyclic amines) is 1. The monoisotopic (exact) mass is 286 g/mol. The maximum Gasteiger partial charge on any atom is 0.223 e. The Morgan fingerprint density at radius 1 is 1.19 bits per heavy atom. The van der Waals surface area contributed by atoms with E-state index in [9.17, 15) is 4.79 Å². The molecule has 0 spiro atoms. The van der Waals surface area contributed by atoms with Crippen LogP contribution in [-0.2, 0) is 11.3 Å². The van der Waals surface area contributed by atoms with Gasteiger partial charge in [-0.05, 0) is 49.1 Å². The Hall–Kier alpha value is -1.35. The van der Waals surface area contributed by atoms with Gasteiger partial charge >= 0.3 is 0 Å². The Kier molecular flexibility index (Phi) is 4.91. The van der Waals surface area contributed by atoms with Crippen molar-refractivity contribution in [3.05, 3.63) is 35.4 Å². The summed E-state index contributed by atoms with van der Waals surface area (Å²) < 4.78 is 0. The van der Waals surface area contributed by atoms with Crippen molar-refractivity contribution in [3.8, 4) is 0 Å². The summed E-state index contributed by atoms with van der Waals surface area (Å²) in [5.74, 6) is 1.12. The van der Waals surface area contributed by atoms with E-state index in [4.69, 9.17) is 0 Å². The van der Waals surface area contributed by atoms with Crippen molar-refractivity contribution >= 4 is 5.91 Å². The minimum Gasteiger partial charge on any atom is -0.343 e. The number of piperidine rings is 1. The first-order chi connectivity index (χ1) is 10.3. The van der Waals surface area contributed by atoms with Crippen LogP contribution < -0.4 is 5.32 Å². The van der Waals surface area contributed by atoms with Crippen LogP contribution in [0, 0.1) is 0 Å². The van der Waals surface area contributed by atoms with Crippen molar-refractivity contribution in [2.45, 2.75) is 51.0 Å². The molecule has 0 radical (unpaired) electrons. The van der Waals surface area contributed by atoms with Crippen LogP contribution in [0.25, 0.3) is 0 Å². The Morgan fingerprint density at radius 3 is 2.76 bits per heavy atom. The molecule has 114 valence electrons. The molecule has 1 aliphatic heterocycles. The van der Waals surface area contributed by atoms with Gasteiger partial charge in [0.25, 0.3) is 0 Å². The van der Waals surface area contributed by atoms with Crippen LogP contribution in [0.2, 0.25) is 0 Å². The first kappa shape index (κ1) is 14.6. The Bertz CT molecular complexity index is 476. The number of amides is 1. The zero-order chi connectivity index (χ0) is 14.5. The predicted molar refractivity (Wildman–Crippen MR) is 85.2 cm³/mol. The summed E-state index contributed by atoms with van der Waals surface area (Å²) in [4.78, 5) is 14.1. The third kappa shape index (κ3) is 4.31. The minimum atomic E-state index is 0.314. The third-order valence-electron chi connectivity index (χ3n) is 4.55. The Morgan fingerprint density at radius 2 is 2.00 bits per heavy atom. The van der Waals surface area contributed by atoms with E-state index in [1.165, 1.54) is 43.2 Å². The highest BCUT2D eigenvalue weighted by molar-refractivity contribution is 5.76. The smallest absolute Gasteiger partial charge is 0.223 e. The average Bonchev–Trinajstić information content (AvgIpc) is 3.37. The van der Waals surface area contributed by atoms with E-state index in [-0.39, 0.29) is 0 Å². The van der Waals surface area contributed by atoms with Gasteiger partial charge in [0.15, 0.2) is 0 Å². The zero-order valence-electron chi connectivity index (χ0n) is 12.8. The van der Waals surface area contributed by atoms with Gasteiger partial charge in [0, 0.05) is 32.6 Å². The van der Waals surface area contributed by atoms with Crippen molar-refractivity contribution in [1.82, 2.24) is 10.2 Å². The molecule has 1 saturated carbocycles. The Balaban J connectivity index is 1.37. The van der Waals surface area contributed by atoms with Gasteiger partial charge in [0.1, 0.15) is 0 Å². The SMILES string of the molecule is O=C(CCNCc1cccc(C2CC2)c1)N1CCCCC1. The zero-order valence-corrected chi connectivity index (χ0v) is 12.8. The number of carbonyl (C=O) groups excluding carboxylic acids is 1. The van der Waals surface area contributed by atoms with Crippen molar-refractivity contribution in [2.24, 2.45) is 0 Å². The van der Waals surface area contributed by atoms with Crippen LogP contribution in [0.5, 0.6) is 0 Å². The van der Waals surface area contributed by atoms with Crippen molar-refractivity contribution in [2.75, 3.05) is 19.6 Å². The molecule has 3 nitrogen and oxygen atoms in total. The second kappa shape index (κ2) is 7.08. The first-order valence-electron chi connectivity index (χ1n) is 8.40. The molecule has 1 aliphatic carbocycles. The lowest BCUT2D eigenvalue weighted by molar-refractivity contribution is -0.131. The molecule has 1 aromatic rings. The van der Waals surface area contributed by atoms with Crippen molar-refractivity contribution in [3.63, 3.8) is 0 Å². The second-order valence-corrected chi connectivity index (χ2v) is 6.39. The van der Waals surface area contributed by atoms with Gasteiger partial charge in [-0.2, -0.15) is 0 Å². The molecule has 1 amide bonds. The van der Waals surface area contributed by atoms with Gasteiger partial charge < -0.3 is 10.2 Å². The van der Waals surface area contributed by atoms with Crippen LogP contribution in [0.4, 0.5) is 0 Å². The van der Waals surface area contributed by atoms with Gasteiger partial charge in [0.2, 0.25) is 5.91 Å². The topological polar surface area (TPSA) is 32.3 Å². The van der Waals surface area contributed by atoms with Crippen molar-refractivity contribution < 1.29 is 4.79 Å². The molecule has 0 bridgehead atoms. The van der Waals surface area contributed by atoms with E-state index in [0.717, 1.165) is 32.1 Å². The lowest BCUT2D eigenvalue weighted by Gasteiger charge is -2.26. The number of benzene rings is 1. The second-order valence-electron chi connectivity index (χ2n) is 6.39. The summed E-state index contributed by atoms with van der Waals surface area (Å²) in [6, 6.07) is 8.88. The quantitative estimate of drug-likeness (QED) is 0.815. The summed E-state index contributed by atoms with van der Waals surface area (Å²) in [5, 5.41) is 3.41. The van der Waals surface area contributed by atoms with Gasteiger partial charge in [-0.3, -0.25) is 4.79 Å². The van der Waals surface area contributed by atoms with E-state index in [1.807, 2.05) is 4.90 Å². The molecule has 3 heteroatoms. The number of rotatable bonds is 6. The Labute approximate surface area is 127 Å². The van der Waals surface area contributed by atoms with E-state index in [1.54, 1.807) is 0 Å². The fourth-order valence-corrected chi connectivity index (χ4v) is 3.10. The molecular weight excluding hydrogens is 260 g/mol. The molecule has 0 atom stereocenters. The molecule has 21 heavy (non-hydrogen) atoms. The van der Waals surface area contributed by atoms with Gasteiger partial charge in [-0.25, -0.2) is 0 Å². The van der Waals surface area contributed by atoms with E-state index >= 15 is 0 Å². The number of hydrogen-bond donors (Lipinski definition) is 1. The minimum absolute atomic E-state index is 0.314. The van der Waals surface area contributed by atoms with Crippen molar-refractivity contribution in [1.29, 1.82) is 0 Å². The molecule has 1 saturated heterocycles. The molecule has 0 unspecified atom stereocenters. The molecule has 0 aromatic heterocycles. The first-order valence-corrected chi connectivity index (χ1v) is 8.40. The highest BCUT2D eigenvalue weighted by Gasteiger charge is 2.23. The largest absolute Gasteiger partial charge is 0.343 e. The molecular formula is C18H26N2O. The number of hydrogen-bond acceptors (Lipinski definition) is 2. The van der Waals surface area contributed by atoms with Crippen LogP contribution >= 0.6 is 0 Å². The van der Waals surface area contributed by atoms with Gasteiger partial charge in [-0.15, -0.1) is 0 Å². The average molecular weight is 286 g/mol. The van der Waals surface area contributed by atoms with Crippen LogP contribution in [0.1, 0.15) is 55.6 Å². The number of nitrogens with zero attached hydrogens (tertiary/aromatic N) is 1. The molecule has 3 rings (SSSR count). The lowest BCUT2D eigenvalue weighted by Crippen LogP contribution is -2.37. The third-order valence-corrected chi connectivity index (χ3v) is 4.55. The molecule has 2 aliphatic rings. The molecule has 1 N–H and O–H groups in total.